The van der Waals surface area contributed by atoms with Gasteiger partial charge in [-0.25, -0.2) is 0 Å². The van der Waals surface area contributed by atoms with E-state index in [0.29, 0.717) is 17.1 Å². The Labute approximate surface area is 130 Å². The number of hydrogen-bond acceptors (Lipinski definition) is 3. The lowest BCUT2D eigenvalue weighted by Gasteiger charge is -2.26. The molecule has 1 unspecified atom stereocenters. The quantitative estimate of drug-likeness (QED) is 0.918. The first-order valence-electron chi connectivity index (χ1n) is 6.94. The molecule has 0 spiro atoms. The van der Waals surface area contributed by atoms with Gasteiger partial charge in [0.1, 0.15) is 11.4 Å². The number of aromatic nitrogens is 2. The summed E-state index contributed by atoms with van der Waals surface area (Å²) < 4.78 is 6.91. The van der Waals surface area contributed by atoms with Crippen LogP contribution in [0.5, 0.6) is 5.75 Å². The zero-order chi connectivity index (χ0) is 15.6. The normalized spacial score (nSPS) is 14.2. The van der Waals surface area contributed by atoms with Crippen LogP contribution in [-0.2, 0) is 12.0 Å². The number of hydrogen-bond donors (Lipinski definition) is 1. The zero-order valence-electron chi connectivity index (χ0n) is 12.8. The summed E-state index contributed by atoms with van der Waals surface area (Å²) in [6.45, 7) is 5.78. The summed E-state index contributed by atoms with van der Waals surface area (Å²) in [6, 6.07) is 7.78. The minimum Gasteiger partial charge on any atom is -0.497 e. The molecule has 4 nitrogen and oxygen atoms in total. The fourth-order valence-corrected chi connectivity index (χ4v) is 2.80. The fraction of sp³-hybridized carbons (Fsp3) is 0.438. The lowest BCUT2D eigenvalue weighted by molar-refractivity contribution is 0.0467. The second-order valence-corrected chi connectivity index (χ2v) is 6.09. The topological polar surface area (TPSA) is 47.3 Å². The van der Waals surface area contributed by atoms with Crippen LogP contribution in [0, 0.1) is 0 Å². The van der Waals surface area contributed by atoms with Gasteiger partial charge in [0, 0.05) is 12.5 Å². The Kier molecular flexibility index (Phi) is 4.59. The van der Waals surface area contributed by atoms with Gasteiger partial charge in [-0.1, -0.05) is 23.7 Å². The molecular formula is C16H21ClN2O2. The van der Waals surface area contributed by atoms with E-state index in [1.165, 1.54) is 0 Å². The van der Waals surface area contributed by atoms with E-state index < -0.39 is 5.60 Å². The smallest absolute Gasteiger partial charge is 0.118 e. The second-order valence-electron chi connectivity index (χ2n) is 5.68. The van der Waals surface area contributed by atoms with Crippen LogP contribution in [0.2, 0.25) is 5.02 Å². The van der Waals surface area contributed by atoms with Gasteiger partial charge in [-0.15, -0.1) is 0 Å². The number of nitrogens with zero attached hydrogens (tertiary/aromatic N) is 2. The number of halogens is 1. The molecule has 1 N–H and O–H groups in total. The molecule has 0 aliphatic heterocycles. The summed E-state index contributed by atoms with van der Waals surface area (Å²) in [5, 5.41) is 15.6. The molecule has 0 aliphatic rings. The van der Waals surface area contributed by atoms with Gasteiger partial charge in [-0.05, 0) is 38.5 Å². The van der Waals surface area contributed by atoms with E-state index in [9.17, 15) is 5.11 Å². The highest BCUT2D eigenvalue weighted by atomic mass is 35.5. The van der Waals surface area contributed by atoms with Gasteiger partial charge in [-0.3, -0.25) is 4.68 Å². The summed E-state index contributed by atoms with van der Waals surface area (Å²) in [4.78, 5) is 0. The molecule has 0 saturated heterocycles. The van der Waals surface area contributed by atoms with Crippen molar-refractivity contribution >= 4 is 11.6 Å². The highest BCUT2D eigenvalue weighted by molar-refractivity contribution is 6.31. The van der Waals surface area contributed by atoms with Crippen LogP contribution >= 0.6 is 11.6 Å². The number of methoxy groups -OCH3 is 1. The van der Waals surface area contributed by atoms with E-state index in [-0.39, 0.29) is 6.04 Å². The monoisotopic (exact) mass is 308 g/mol. The van der Waals surface area contributed by atoms with Crippen molar-refractivity contribution in [2.45, 2.75) is 38.8 Å². The number of benzene rings is 1. The Morgan fingerprint density at radius 3 is 2.48 bits per heavy atom. The molecular weight excluding hydrogens is 288 g/mol. The largest absolute Gasteiger partial charge is 0.497 e. The molecule has 1 atom stereocenters. The lowest BCUT2D eigenvalue weighted by Crippen LogP contribution is -2.29. The van der Waals surface area contributed by atoms with Crippen LogP contribution in [0.3, 0.4) is 0 Å². The molecule has 114 valence electrons. The highest BCUT2D eigenvalue weighted by Gasteiger charge is 2.31. The summed E-state index contributed by atoms with van der Waals surface area (Å²) >= 11 is 6.22. The van der Waals surface area contributed by atoms with Crippen molar-refractivity contribution in [3.8, 4) is 5.75 Å². The van der Waals surface area contributed by atoms with Crippen molar-refractivity contribution in [3.05, 3.63) is 46.7 Å². The standard InChI is InChI=1S/C16H21ClN2O2/c1-11(2)19-15(14(17)10-18-19)16(3,20)9-12-5-7-13(21-4)8-6-12/h5-8,10-11,20H,9H2,1-4H3. The van der Waals surface area contributed by atoms with Gasteiger partial charge in [0.15, 0.2) is 0 Å². The Hall–Kier alpha value is -1.52. The number of ether oxygens (including phenoxy) is 1. The fourth-order valence-electron chi connectivity index (χ4n) is 2.46. The van der Waals surface area contributed by atoms with Crippen LogP contribution in [0.15, 0.2) is 30.5 Å². The molecule has 1 aromatic carbocycles. The van der Waals surface area contributed by atoms with Crippen LogP contribution in [0.4, 0.5) is 0 Å². The van der Waals surface area contributed by atoms with Gasteiger partial charge < -0.3 is 9.84 Å². The van der Waals surface area contributed by atoms with Gasteiger partial charge >= 0.3 is 0 Å². The van der Waals surface area contributed by atoms with Crippen molar-refractivity contribution < 1.29 is 9.84 Å². The summed E-state index contributed by atoms with van der Waals surface area (Å²) in [7, 11) is 1.63. The molecule has 0 saturated carbocycles. The number of rotatable bonds is 5. The van der Waals surface area contributed by atoms with Gasteiger partial charge in [0.05, 0.1) is 24.0 Å². The maximum absolute atomic E-state index is 10.9. The average Bonchev–Trinajstić information content (AvgIpc) is 2.82. The number of aliphatic hydroxyl groups is 1. The Bertz CT molecular complexity index is 603. The van der Waals surface area contributed by atoms with E-state index in [2.05, 4.69) is 5.10 Å². The first kappa shape index (κ1) is 15.9. The Morgan fingerprint density at radius 2 is 1.95 bits per heavy atom. The van der Waals surface area contributed by atoms with Crippen molar-refractivity contribution in [1.82, 2.24) is 9.78 Å². The minimum atomic E-state index is -1.09. The van der Waals surface area contributed by atoms with Crippen LogP contribution in [0.1, 0.15) is 38.1 Å². The summed E-state index contributed by atoms with van der Waals surface area (Å²) in [6.07, 6.45) is 2.04. The molecule has 0 fully saturated rings. The van der Waals surface area contributed by atoms with E-state index in [1.54, 1.807) is 24.9 Å². The molecule has 5 heteroatoms. The van der Waals surface area contributed by atoms with Crippen molar-refractivity contribution in [1.29, 1.82) is 0 Å². The van der Waals surface area contributed by atoms with Gasteiger partial charge in [0.2, 0.25) is 0 Å². The minimum absolute atomic E-state index is 0.134. The maximum atomic E-state index is 10.9. The van der Waals surface area contributed by atoms with Gasteiger partial charge in [0.25, 0.3) is 0 Å². The average molecular weight is 309 g/mol. The summed E-state index contributed by atoms with van der Waals surface area (Å²) in [5.74, 6) is 0.795. The van der Waals surface area contributed by atoms with E-state index in [1.807, 2.05) is 38.1 Å². The molecule has 0 aliphatic carbocycles. The summed E-state index contributed by atoms with van der Waals surface area (Å²) in [5.41, 5.74) is 0.565. The third-order valence-electron chi connectivity index (χ3n) is 3.46. The predicted octanol–water partition coefficient (Wildman–Crippen LogP) is 3.58. The van der Waals surface area contributed by atoms with Crippen LogP contribution in [-0.4, -0.2) is 22.0 Å². The van der Waals surface area contributed by atoms with Gasteiger partial charge in [-0.2, -0.15) is 5.10 Å². The SMILES string of the molecule is COc1ccc(CC(C)(O)c2c(Cl)cnn2C(C)C)cc1. The van der Waals surface area contributed by atoms with E-state index in [4.69, 9.17) is 16.3 Å². The molecule has 1 aromatic heterocycles. The molecule has 0 amide bonds. The molecule has 2 rings (SSSR count). The molecule has 21 heavy (non-hydrogen) atoms. The van der Waals surface area contributed by atoms with Crippen molar-refractivity contribution in [2.75, 3.05) is 7.11 Å². The van der Waals surface area contributed by atoms with Crippen LogP contribution in [0.25, 0.3) is 0 Å². The molecule has 0 radical (unpaired) electrons. The second kappa shape index (κ2) is 6.08. The molecule has 1 heterocycles. The predicted molar refractivity (Wildman–Crippen MR) is 83.9 cm³/mol. The van der Waals surface area contributed by atoms with E-state index in [0.717, 1.165) is 11.3 Å². The Balaban J connectivity index is 2.31. The highest BCUT2D eigenvalue weighted by Crippen LogP contribution is 2.33. The third-order valence-corrected chi connectivity index (χ3v) is 3.73. The first-order chi connectivity index (χ1) is 9.85. The third kappa shape index (κ3) is 3.39. The molecule has 2 aromatic rings. The zero-order valence-corrected chi connectivity index (χ0v) is 13.6. The van der Waals surface area contributed by atoms with Crippen LogP contribution < -0.4 is 4.74 Å². The van der Waals surface area contributed by atoms with Crippen molar-refractivity contribution in [2.24, 2.45) is 0 Å². The lowest BCUT2D eigenvalue weighted by atomic mass is 9.92. The molecule has 0 bridgehead atoms. The van der Waals surface area contributed by atoms with E-state index >= 15 is 0 Å². The maximum Gasteiger partial charge on any atom is 0.118 e. The Morgan fingerprint density at radius 1 is 1.33 bits per heavy atom. The first-order valence-corrected chi connectivity index (χ1v) is 7.31. The van der Waals surface area contributed by atoms with Crippen molar-refractivity contribution in [3.63, 3.8) is 0 Å².